The van der Waals surface area contributed by atoms with Crippen molar-refractivity contribution in [1.29, 1.82) is 0 Å². The van der Waals surface area contributed by atoms with Gasteiger partial charge in [0.25, 0.3) is 0 Å². The lowest BCUT2D eigenvalue weighted by atomic mass is 9.98. The van der Waals surface area contributed by atoms with E-state index in [0.29, 0.717) is 5.92 Å². The molecule has 1 aliphatic rings. The van der Waals surface area contributed by atoms with Crippen LogP contribution in [0.3, 0.4) is 0 Å². The van der Waals surface area contributed by atoms with Gasteiger partial charge in [-0.2, -0.15) is 0 Å². The van der Waals surface area contributed by atoms with E-state index in [1.807, 2.05) is 0 Å². The Bertz CT molecular complexity index is 340. The molecular weight excluding hydrogens is 198 g/mol. The van der Waals surface area contributed by atoms with E-state index in [2.05, 4.69) is 43.0 Å². The monoisotopic (exact) mass is 219 g/mol. The summed E-state index contributed by atoms with van der Waals surface area (Å²) in [7, 11) is 0. The van der Waals surface area contributed by atoms with Crippen molar-refractivity contribution in [1.82, 2.24) is 0 Å². The number of nitrogens with zero attached hydrogens (tertiary/aromatic N) is 1. The van der Waals surface area contributed by atoms with Crippen LogP contribution in [0.2, 0.25) is 0 Å². The number of rotatable bonds is 2. The SMILES string of the molecule is CC(C)c1ccccc1N1CCC(O)CC1. The van der Waals surface area contributed by atoms with Gasteiger partial charge >= 0.3 is 0 Å². The number of para-hydroxylation sites is 1. The fourth-order valence-electron chi connectivity index (χ4n) is 2.37. The molecule has 0 saturated carbocycles. The van der Waals surface area contributed by atoms with E-state index >= 15 is 0 Å². The van der Waals surface area contributed by atoms with Gasteiger partial charge in [0.15, 0.2) is 0 Å². The standard InChI is InChI=1S/C14H21NO/c1-11(2)13-5-3-4-6-14(13)15-9-7-12(16)8-10-15/h3-6,11-12,16H,7-10H2,1-2H3. The molecule has 1 heterocycles. The van der Waals surface area contributed by atoms with Crippen LogP contribution >= 0.6 is 0 Å². The topological polar surface area (TPSA) is 23.5 Å². The molecule has 0 aromatic heterocycles. The van der Waals surface area contributed by atoms with E-state index < -0.39 is 0 Å². The smallest absolute Gasteiger partial charge is 0.0574 e. The van der Waals surface area contributed by atoms with Crippen LogP contribution in [0.25, 0.3) is 0 Å². The number of piperidine rings is 1. The highest BCUT2D eigenvalue weighted by molar-refractivity contribution is 5.55. The van der Waals surface area contributed by atoms with Gasteiger partial charge in [-0.25, -0.2) is 0 Å². The van der Waals surface area contributed by atoms with Crippen LogP contribution < -0.4 is 4.90 Å². The van der Waals surface area contributed by atoms with E-state index in [-0.39, 0.29) is 6.10 Å². The van der Waals surface area contributed by atoms with E-state index in [0.717, 1.165) is 25.9 Å². The van der Waals surface area contributed by atoms with Gasteiger partial charge in [0.1, 0.15) is 0 Å². The van der Waals surface area contributed by atoms with Crippen LogP contribution in [0, 0.1) is 0 Å². The minimum absolute atomic E-state index is 0.0949. The van der Waals surface area contributed by atoms with Crippen LogP contribution in [0.1, 0.15) is 38.2 Å². The molecule has 1 aromatic rings. The first-order valence-electron chi connectivity index (χ1n) is 6.20. The predicted molar refractivity (Wildman–Crippen MR) is 68.0 cm³/mol. The van der Waals surface area contributed by atoms with E-state index in [1.165, 1.54) is 11.3 Å². The summed E-state index contributed by atoms with van der Waals surface area (Å²) in [5, 5.41) is 9.53. The van der Waals surface area contributed by atoms with Gasteiger partial charge in [-0.3, -0.25) is 0 Å². The maximum atomic E-state index is 9.53. The van der Waals surface area contributed by atoms with Gasteiger partial charge in [0.2, 0.25) is 0 Å². The van der Waals surface area contributed by atoms with Crippen molar-refractivity contribution in [2.24, 2.45) is 0 Å². The Balaban J connectivity index is 2.19. The highest BCUT2D eigenvalue weighted by atomic mass is 16.3. The molecule has 0 aliphatic carbocycles. The largest absolute Gasteiger partial charge is 0.393 e. The molecule has 0 amide bonds. The molecule has 0 atom stereocenters. The number of aliphatic hydroxyl groups is 1. The van der Waals surface area contributed by atoms with Crippen molar-refractivity contribution in [3.05, 3.63) is 29.8 Å². The second-order valence-electron chi connectivity index (χ2n) is 4.93. The molecule has 0 spiro atoms. The molecule has 1 aromatic carbocycles. The molecule has 0 bridgehead atoms. The Morgan fingerprint density at radius 3 is 2.44 bits per heavy atom. The molecule has 0 radical (unpaired) electrons. The number of hydrogen-bond acceptors (Lipinski definition) is 2. The Kier molecular flexibility index (Phi) is 3.49. The Morgan fingerprint density at radius 2 is 1.81 bits per heavy atom. The fourth-order valence-corrected chi connectivity index (χ4v) is 2.37. The third-order valence-corrected chi connectivity index (χ3v) is 3.36. The average molecular weight is 219 g/mol. The van der Waals surface area contributed by atoms with Crippen molar-refractivity contribution in [3.63, 3.8) is 0 Å². The maximum absolute atomic E-state index is 9.53. The van der Waals surface area contributed by atoms with E-state index in [9.17, 15) is 5.11 Å². The van der Waals surface area contributed by atoms with Crippen LogP contribution in [-0.4, -0.2) is 24.3 Å². The van der Waals surface area contributed by atoms with Crippen LogP contribution in [0.4, 0.5) is 5.69 Å². The zero-order valence-electron chi connectivity index (χ0n) is 10.2. The number of anilines is 1. The van der Waals surface area contributed by atoms with Crippen molar-refractivity contribution in [2.45, 2.75) is 38.7 Å². The number of aliphatic hydroxyl groups excluding tert-OH is 1. The summed E-state index contributed by atoms with van der Waals surface area (Å²) >= 11 is 0. The number of hydrogen-bond donors (Lipinski definition) is 1. The molecule has 1 fully saturated rings. The zero-order chi connectivity index (χ0) is 11.5. The molecule has 16 heavy (non-hydrogen) atoms. The van der Waals surface area contributed by atoms with Crippen molar-refractivity contribution in [2.75, 3.05) is 18.0 Å². The molecule has 1 N–H and O–H groups in total. The summed E-state index contributed by atoms with van der Waals surface area (Å²) in [4.78, 5) is 2.40. The molecule has 1 aliphatic heterocycles. The van der Waals surface area contributed by atoms with Crippen LogP contribution in [0.15, 0.2) is 24.3 Å². The summed E-state index contributed by atoms with van der Waals surface area (Å²) in [6.07, 6.45) is 1.70. The van der Waals surface area contributed by atoms with Crippen molar-refractivity contribution >= 4 is 5.69 Å². The first-order valence-corrected chi connectivity index (χ1v) is 6.20. The molecule has 2 heteroatoms. The minimum Gasteiger partial charge on any atom is -0.393 e. The Hall–Kier alpha value is -1.02. The third kappa shape index (κ3) is 2.38. The van der Waals surface area contributed by atoms with Crippen molar-refractivity contribution < 1.29 is 5.11 Å². The second kappa shape index (κ2) is 4.88. The molecule has 2 nitrogen and oxygen atoms in total. The van der Waals surface area contributed by atoms with Gasteiger partial charge in [0, 0.05) is 18.8 Å². The quantitative estimate of drug-likeness (QED) is 0.826. The summed E-state index contributed by atoms with van der Waals surface area (Å²) in [5.41, 5.74) is 2.77. The average Bonchev–Trinajstić information content (AvgIpc) is 2.30. The highest BCUT2D eigenvalue weighted by Crippen LogP contribution is 2.29. The summed E-state index contributed by atoms with van der Waals surface area (Å²) in [6, 6.07) is 8.63. The van der Waals surface area contributed by atoms with E-state index in [1.54, 1.807) is 0 Å². The normalized spacial score (nSPS) is 18.1. The second-order valence-corrected chi connectivity index (χ2v) is 4.93. The van der Waals surface area contributed by atoms with Crippen molar-refractivity contribution in [3.8, 4) is 0 Å². The van der Waals surface area contributed by atoms with E-state index in [4.69, 9.17) is 0 Å². The zero-order valence-corrected chi connectivity index (χ0v) is 10.2. The van der Waals surface area contributed by atoms with Gasteiger partial charge in [-0.15, -0.1) is 0 Å². The van der Waals surface area contributed by atoms with Crippen LogP contribution in [0.5, 0.6) is 0 Å². The highest BCUT2D eigenvalue weighted by Gasteiger charge is 2.19. The van der Waals surface area contributed by atoms with Gasteiger partial charge in [0.05, 0.1) is 6.10 Å². The predicted octanol–water partition coefficient (Wildman–Crippen LogP) is 2.77. The summed E-state index contributed by atoms with van der Waals surface area (Å²) in [6.45, 7) is 6.42. The molecule has 88 valence electrons. The van der Waals surface area contributed by atoms with Gasteiger partial charge in [-0.1, -0.05) is 32.0 Å². The summed E-state index contributed by atoms with van der Waals surface area (Å²) < 4.78 is 0. The Labute approximate surface area is 97.9 Å². The van der Waals surface area contributed by atoms with Gasteiger partial charge < -0.3 is 10.0 Å². The lowest BCUT2D eigenvalue weighted by molar-refractivity contribution is 0.145. The first kappa shape index (κ1) is 11.5. The maximum Gasteiger partial charge on any atom is 0.0574 e. The fraction of sp³-hybridized carbons (Fsp3) is 0.571. The molecular formula is C14H21NO. The third-order valence-electron chi connectivity index (χ3n) is 3.36. The minimum atomic E-state index is -0.0949. The lowest BCUT2D eigenvalue weighted by Crippen LogP contribution is -2.36. The first-order chi connectivity index (χ1) is 7.68. The molecule has 2 rings (SSSR count). The molecule has 1 saturated heterocycles. The summed E-state index contributed by atoms with van der Waals surface area (Å²) in [5.74, 6) is 0.558. The molecule has 0 unspecified atom stereocenters. The Morgan fingerprint density at radius 1 is 1.19 bits per heavy atom. The number of benzene rings is 1. The van der Waals surface area contributed by atoms with Gasteiger partial charge in [-0.05, 0) is 30.4 Å². The van der Waals surface area contributed by atoms with Crippen LogP contribution in [-0.2, 0) is 0 Å². The lowest BCUT2D eigenvalue weighted by Gasteiger charge is -2.33.